The van der Waals surface area contributed by atoms with Gasteiger partial charge in [0.05, 0.1) is 12.7 Å². The Balaban J connectivity index is 2.42. The van der Waals surface area contributed by atoms with Gasteiger partial charge in [-0.1, -0.05) is 22.4 Å². The van der Waals surface area contributed by atoms with Crippen molar-refractivity contribution in [3.05, 3.63) is 27.7 Å². The summed E-state index contributed by atoms with van der Waals surface area (Å²) in [4.78, 5) is 0. The van der Waals surface area contributed by atoms with E-state index < -0.39 is 0 Å². The lowest BCUT2D eigenvalue weighted by atomic mass is 10.0. The van der Waals surface area contributed by atoms with Gasteiger partial charge in [-0.15, -0.1) is 0 Å². The lowest BCUT2D eigenvalue weighted by Gasteiger charge is -2.15. The van der Waals surface area contributed by atoms with Crippen LogP contribution in [0.1, 0.15) is 43.4 Å². The third-order valence-electron chi connectivity index (χ3n) is 3.03. The fraction of sp³-hybridized carbons (Fsp3) is 0.538. The van der Waals surface area contributed by atoms with Crippen molar-refractivity contribution in [2.24, 2.45) is 0 Å². The molecule has 1 atom stereocenters. The fourth-order valence-corrected chi connectivity index (χ4v) is 2.89. The quantitative estimate of drug-likeness (QED) is 0.841. The first-order chi connectivity index (χ1) is 7.72. The van der Waals surface area contributed by atoms with Crippen molar-refractivity contribution < 1.29 is 9.84 Å². The van der Waals surface area contributed by atoms with E-state index in [1.807, 2.05) is 19.1 Å². The number of ether oxygens (including phenoxy) is 1. The maximum atomic E-state index is 10.1. The zero-order valence-corrected chi connectivity index (χ0v) is 11.1. The first kappa shape index (κ1) is 11.9. The van der Waals surface area contributed by atoms with Gasteiger partial charge in [-0.05, 0) is 49.4 Å². The molecule has 1 aromatic rings. The molecule has 16 heavy (non-hydrogen) atoms. The van der Waals surface area contributed by atoms with Crippen LogP contribution in [0.25, 0.3) is 0 Å². The molecule has 0 spiro atoms. The van der Waals surface area contributed by atoms with Crippen LogP contribution in [0.5, 0.6) is 5.75 Å². The van der Waals surface area contributed by atoms with E-state index in [2.05, 4.69) is 15.9 Å². The standard InChI is InChI=1S/C13H17BrO2/c1-2-16-9-7-11-10(12(14)8-9)5-3-4-6-13(11)15/h7-8,13,15H,2-6H2,1H3. The first-order valence-electron chi connectivity index (χ1n) is 5.85. The highest BCUT2D eigenvalue weighted by molar-refractivity contribution is 9.10. The molecule has 3 heteroatoms. The van der Waals surface area contributed by atoms with Crippen LogP contribution in [0.2, 0.25) is 0 Å². The zero-order valence-electron chi connectivity index (χ0n) is 9.50. The molecule has 1 N–H and O–H groups in total. The van der Waals surface area contributed by atoms with E-state index in [1.165, 1.54) is 5.56 Å². The Labute approximate surface area is 105 Å². The maximum absolute atomic E-state index is 10.1. The molecule has 1 aromatic carbocycles. The number of benzene rings is 1. The summed E-state index contributed by atoms with van der Waals surface area (Å²) < 4.78 is 6.57. The summed E-state index contributed by atoms with van der Waals surface area (Å²) in [6.07, 6.45) is 3.80. The molecule has 2 rings (SSSR count). The molecule has 1 aliphatic rings. The molecule has 0 saturated heterocycles. The Morgan fingerprint density at radius 3 is 3.00 bits per heavy atom. The molecule has 0 radical (unpaired) electrons. The van der Waals surface area contributed by atoms with E-state index >= 15 is 0 Å². The molecule has 0 bridgehead atoms. The maximum Gasteiger partial charge on any atom is 0.120 e. The highest BCUT2D eigenvalue weighted by atomic mass is 79.9. The summed E-state index contributed by atoms with van der Waals surface area (Å²) >= 11 is 3.57. The molecular weight excluding hydrogens is 268 g/mol. The van der Waals surface area contributed by atoms with E-state index in [0.29, 0.717) is 6.61 Å². The van der Waals surface area contributed by atoms with Gasteiger partial charge in [0.2, 0.25) is 0 Å². The van der Waals surface area contributed by atoms with Crippen LogP contribution in [0.15, 0.2) is 16.6 Å². The fourth-order valence-electron chi connectivity index (χ4n) is 2.24. The minimum absolute atomic E-state index is 0.339. The van der Waals surface area contributed by atoms with Crippen LogP contribution in [0.3, 0.4) is 0 Å². The molecule has 0 saturated carbocycles. The summed E-state index contributed by atoms with van der Waals surface area (Å²) in [5.41, 5.74) is 2.28. The normalized spacial score (nSPS) is 20.1. The number of rotatable bonds is 2. The number of aliphatic hydroxyl groups excluding tert-OH is 1. The lowest BCUT2D eigenvalue weighted by molar-refractivity contribution is 0.166. The molecular formula is C13H17BrO2. The summed E-state index contributed by atoms with van der Waals surface area (Å²) in [6.45, 7) is 2.62. The van der Waals surface area contributed by atoms with Gasteiger partial charge in [0.1, 0.15) is 5.75 Å². The first-order valence-corrected chi connectivity index (χ1v) is 6.65. The monoisotopic (exact) mass is 284 g/mol. The second-order valence-corrected chi connectivity index (χ2v) is 5.02. The van der Waals surface area contributed by atoms with Crippen molar-refractivity contribution in [1.29, 1.82) is 0 Å². The van der Waals surface area contributed by atoms with Gasteiger partial charge in [-0.3, -0.25) is 0 Å². The third kappa shape index (κ3) is 2.41. The highest BCUT2D eigenvalue weighted by Crippen LogP contribution is 2.36. The highest BCUT2D eigenvalue weighted by Gasteiger charge is 2.19. The summed E-state index contributed by atoms with van der Waals surface area (Å²) in [5.74, 6) is 0.842. The summed E-state index contributed by atoms with van der Waals surface area (Å²) in [5, 5.41) is 10.1. The molecule has 88 valence electrons. The Kier molecular flexibility index (Phi) is 3.87. The van der Waals surface area contributed by atoms with Crippen molar-refractivity contribution >= 4 is 15.9 Å². The number of fused-ring (bicyclic) bond motifs is 1. The van der Waals surface area contributed by atoms with E-state index in [9.17, 15) is 5.11 Å². The van der Waals surface area contributed by atoms with Gasteiger partial charge in [0.25, 0.3) is 0 Å². The average Bonchev–Trinajstić information content (AvgIpc) is 2.43. The van der Waals surface area contributed by atoms with Crippen molar-refractivity contribution in [2.75, 3.05) is 6.61 Å². The summed E-state index contributed by atoms with van der Waals surface area (Å²) in [6, 6.07) is 3.99. The van der Waals surface area contributed by atoms with Crippen molar-refractivity contribution in [3.63, 3.8) is 0 Å². The van der Waals surface area contributed by atoms with Crippen LogP contribution in [0, 0.1) is 0 Å². The van der Waals surface area contributed by atoms with Crippen molar-refractivity contribution in [2.45, 2.75) is 38.7 Å². The second kappa shape index (κ2) is 5.19. The Morgan fingerprint density at radius 2 is 2.25 bits per heavy atom. The van der Waals surface area contributed by atoms with Crippen LogP contribution >= 0.6 is 15.9 Å². The van der Waals surface area contributed by atoms with E-state index in [4.69, 9.17) is 4.74 Å². The molecule has 0 aromatic heterocycles. The molecule has 0 fully saturated rings. The SMILES string of the molecule is CCOc1cc(Br)c2c(c1)C(O)CCCC2. The molecule has 1 aliphatic carbocycles. The van der Waals surface area contributed by atoms with Gasteiger partial charge in [-0.25, -0.2) is 0 Å². The van der Waals surface area contributed by atoms with E-state index in [-0.39, 0.29) is 6.10 Å². The average molecular weight is 285 g/mol. The second-order valence-electron chi connectivity index (χ2n) is 4.17. The van der Waals surface area contributed by atoms with Gasteiger partial charge in [0.15, 0.2) is 0 Å². The van der Waals surface area contributed by atoms with Crippen LogP contribution < -0.4 is 4.74 Å². The van der Waals surface area contributed by atoms with Crippen LogP contribution in [-0.2, 0) is 6.42 Å². The third-order valence-corrected chi connectivity index (χ3v) is 3.74. The van der Waals surface area contributed by atoms with Gasteiger partial charge < -0.3 is 9.84 Å². The predicted molar refractivity (Wildman–Crippen MR) is 67.8 cm³/mol. The number of aliphatic hydroxyl groups is 1. The van der Waals surface area contributed by atoms with Crippen molar-refractivity contribution in [1.82, 2.24) is 0 Å². The number of halogens is 1. The van der Waals surface area contributed by atoms with E-state index in [0.717, 1.165) is 41.5 Å². The minimum atomic E-state index is -0.339. The minimum Gasteiger partial charge on any atom is -0.494 e. The van der Waals surface area contributed by atoms with Crippen LogP contribution in [-0.4, -0.2) is 11.7 Å². The largest absolute Gasteiger partial charge is 0.494 e. The van der Waals surface area contributed by atoms with Gasteiger partial charge in [-0.2, -0.15) is 0 Å². The Morgan fingerprint density at radius 1 is 1.44 bits per heavy atom. The van der Waals surface area contributed by atoms with Gasteiger partial charge >= 0.3 is 0 Å². The molecule has 0 amide bonds. The number of hydrogen-bond acceptors (Lipinski definition) is 2. The van der Waals surface area contributed by atoms with E-state index in [1.54, 1.807) is 0 Å². The topological polar surface area (TPSA) is 29.5 Å². The van der Waals surface area contributed by atoms with Crippen molar-refractivity contribution in [3.8, 4) is 5.75 Å². The molecule has 0 heterocycles. The molecule has 1 unspecified atom stereocenters. The zero-order chi connectivity index (χ0) is 11.5. The number of hydrogen-bond donors (Lipinski definition) is 1. The van der Waals surface area contributed by atoms with Gasteiger partial charge in [0, 0.05) is 4.47 Å². The molecule has 2 nitrogen and oxygen atoms in total. The predicted octanol–water partition coefficient (Wildman–Crippen LogP) is 3.61. The Hall–Kier alpha value is -0.540. The summed E-state index contributed by atoms with van der Waals surface area (Å²) in [7, 11) is 0. The molecule has 0 aliphatic heterocycles. The van der Waals surface area contributed by atoms with Crippen LogP contribution in [0.4, 0.5) is 0 Å². The lowest BCUT2D eigenvalue weighted by Crippen LogP contribution is -2.01. The smallest absolute Gasteiger partial charge is 0.120 e. The Bertz CT molecular complexity index is 376.